The Morgan fingerprint density at radius 2 is 2.00 bits per heavy atom. The molecule has 2 aliphatic rings. The highest BCUT2D eigenvalue weighted by molar-refractivity contribution is 7.18. The molecule has 222 valence electrons. The molecule has 1 amide bonds. The van der Waals surface area contributed by atoms with Gasteiger partial charge in [-0.05, 0) is 35.8 Å². The van der Waals surface area contributed by atoms with Gasteiger partial charge >= 0.3 is 6.18 Å². The lowest BCUT2D eigenvalue weighted by Gasteiger charge is -2.27. The Hall–Kier alpha value is -3.65. The van der Waals surface area contributed by atoms with Crippen LogP contribution >= 0.6 is 11.3 Å². The number of alkyl halides is 3. The minimum atomic E-state index is -4.29. The second-order valence-electron chi connectivity index (χ2n) is 11.3. The van der Waals surface area contributed by atoms with E-state index in [-0.39, 0.29) is 22.7 Å². The summed E-state index contributed by atoms with van der Waals surface area (Å²) >= 11 is 1.05. The second kappa shape index (κ2) is 12.7. The topological polar surface area (TPSA) is 97.7 Å². The van der Waals surface area contributed by atoms with Crippen LogP contribution in [0.15, 0.2) is 30.1 Å². The van der Waals surface area contributed by atoms with Crippen molar-refractivity contribution < 1.29 is 18.0 Å². The Labute approximate surface area is 246 Å². The number of nitrogens with zero attached hydrogens (tertiary/aromatic N) is 4. The normalized spacial score (nSPS) is 21.1. The van der Waals surface area contributed by atoms with Crippen LogP contribution in [0.5, 0.6) is 0 Å². The summed E-state index contributed by atoms with van der Waals surface area (Å²) in [5.41, 5.74) is 1.02. The van der Waals surface area contributed by atoms with Gasteiger partial charge in [-0.15, -0.1) is 11.3 Å². The fourth-order valence-corrected chi connectivity index (χ4v) is 7.34. The minimum Gasteiger partial charge on any atom is -0.354 e. The second-order valence-corrected chi connectivity index (χ2v) is 12.4. The number of H-pyrrole nitrogens is 1. The first-order valence-electron chi connectivity index (χ1n) is 14.5. The monoisotopic (exact) mass is 596 g/mol. The Balaban J connectivity index is 1.42. The number of amides is 1. The van der Waals surface area contributed by atoms with E-state index >= 15 is 0 Å². The molecule has 1 saturated carbocycles. The van der Waals surface area contributed by atoms with Gasteiger partial charge in [0.25, 0.3) is 0 Å². The number of halogens is 3. The summed E-state index contributed by atoms with van der Waals surface area (Å²) < 4.78 is 39.3. The van der Waals surface area contributed by atoms with Crippen molar-refractivity contribution in [3.63, 3.8) is 0 Å². The summed E-state index contributed by atoms with van der Waals surface area (Å²) in [4.78, 5) is 28.2. The molecule has 2 fully saturated rings. The van der Waals surface area contributed by atoms with E-state index in [2.05, 4.69) is 37.8 Å². The summed E-state index contributed by atoms with van der Waals surface area (Å²) in [7, 11) is 0. The van der Waals surface area contributed by atoms with Gasteiger partial charge in [0.2, 0.25) is 5.91 Å². The van der Waals surface area contributed by atoms with Crippen molar-refractivity contribution in [3.8, 4) is 6.07 Å². The maximum Gasteiger partial charge on any atom is 0.393 e. The number of aromatic amines is 1. The van der Waals surface area contributed by atoms with Crippen LogP contribution in [0.2, 0.25) is 0 Å². The number of nitrogens with one attached hydrogen (secondary N) is 2. The van der Waals surface area contributed by atoms with Crippen LogP contribution in [0.1, 0.15) is 62.4 Å². The molecular weight excluding hydrogens is 561 g/mol. The molecule has 2 atom stereocenters. The zero-order chi connectivity index (χ0) is 29.9. The summed E-state index contributed by atoms with van der Waals surface area (Å²) in [6.07, 6.45) is 7.15. The van der Waals surface area contributed by atoms with E-state index in [1.54, 1.807) is 24.3 Å². The van der Waals surface area contributed by atoms with E-state index in [0.29, 0.717) is 63.3 Å². The van der Waals surface area contributed by atoms with Crippen LogP contribution in [-0.4, -0.2) is 46.2 Å². The highest BCUT2D eigenvalue weighted by atomic mass is 32.1. The standard InChI is InChI=1S/C31H35F3N6OS/c1-3-20(10-11-26-19(2)12-22(15-35)38-26)29(41)39-27-17-40(16-25(27)21-8-6-4-5-7-9-21)28-24-13-23(14-31(32,33)34)42-30(24)37-18-36-28/h10-13,18,21,25,27,38H,2-9,14,16-17H2,1H3,(H,39,41)/b20-10+,26-11+. The molecule has 2 unspecified atom stereocenters. The minimum absolute atomic E-state index is 0.132. The summed E-state index contributed by atoms with van der Waals surface area (Å²) in [5, 5.41) is 14.5. The van der Waals surface area contributed by atoms with Crippen molar-refractivity contribution in [2.75, 3.05) is 18.0 Å². The van der Waals surface area contributed by atoms with Gasteiger partial charge in [-0.25, -0.2) is 9.97 Å². The molecule has 5 rings (SSSR count). The summed E-state index contributed by atoms with van der Waals surface area (Å²) in [5.74, 6) is 1.12. The Kier molecular flexibility index (Phi) is 9.02. The zero-order valence-electron chi connectivity index (χ0n) is 23.6. The lowest BCUT2D eigenvalue weighted by atomic mass is 9.83. The average molecular weight is 597 g/mol. The molecule has 1 aliphatic heterocycles. The molecule has 3 aromatic rings. The van der Waals surface area contributed by atoms with Crippen LogP contribution in [0.25, 0.3) is 22.9 Å². The van der Waals surface area contributed by atoms with Gasteiger partial charge in [0.15, 0.2) is 0 Å². The van der Waals surface area contributed by atoms with E-state index < -0.39 is 12.6 Å². The van der Waals surface area contributed by atoms with Crippen molar-refractivity contribution in [1.29, 1.82) is 5.26 Å². The van der Waals surface area contributed by atoms with Crippen molar-refractivity contribution >= 4 is 45.9 Å². The number of rotatable bonds is 7. The van der Waals surface area contributed by atoms with Crippen LogP contribution in [0, 0.1) is 23.2 Å². The van der Waals surface area contributed by atoms with Crippen molar-refractivity contribution in [1.82, 2.24) is 20.3 Å². The fraction of sp³-hybridized carbons (Fsp3) is 0.484. The molecule has 3 aromatic heterocycles. The average Bonchev–Trinajstić information content (AvgIpc) is 3.58. The van der Waals surface area contributed by atoms with E-state index in [1.165, 1.54) is 19.2 Å². The highest BCUT2D eigenvalue weighted by Crippen LogP contribution is 2.39. The number of allylic oxidation sites excluding steroid dienone is 1. The maximum absolute atomic E-state index is 13.6. The third kappa shape index (κ3) is 6.86. The van der Waals surface area contributed by atoms with E-state index in [0.717, 1.165) is 37.0 Å². The lowest BCUT2D eigenvalue weighted by molar-refractivity contribution is -0.126. The molecule has 11 heteroatoms. The largest absolute Gasteiger partial charge is 0.393 e. The number of nitriles is 1. The number of hydrogen-bond donors (Lipinski definition) is 2. The lowest BCUT2D eigenvalue weighted by Crippen LogP contribution is -2.43. The molecule has 2 N–H and O–H groups in total. The Morgan fingerprint density at radius 1 is 1.24 bits per heavy atom. The molecule has 0 spiro atoms. The van der Waals surface area contributed by atoms with Gasteiger partial charge in [0, 0.05) is 34.8 Å². The number of hydrogen-bond acceptors (Lipinski definition) is 6. The number of carbonyl (C=O) groups excluding carboxylic acids is 1. The van der Waals surface area contributed by atoms with Gasteiger partial charge in [0.1, 0.15) is 28.7 Å². The van der Waals surface area contributed by atoms with E-state index in [9.17, 15) is 18.0 Å². The van der Waals surface area contributed by atoms with Gasteiger partial charge < -0.3 is 15.2 Å². The molecule has 0 aromatic carbocycles. The maximum atomic E-state index is 13.6. The quantitative estimate of drug-likeness (QED) is 0.292. The predicted octanol–water partition coefficient (Wildman–Crippen LogP) is 5.11. The van der Waals surface area contributed by atoms with E-state index in [4.69, 9.17) is 5.26 Å². The number of thiophene rings is 1. The molecule has 4 heterocycles. The molecule has 42 heavy (non-hydrogen) atoms. The van der Waals surface area contributed by atoms with Crippen LogP contribution in [0.4, 0.5) is 19.0 Å². The molecule has 1 aliphatic carbocycles. The third-order valence-corrected chi connectivity index (χ3v) is 9.44. The first-order valence-corrected chi connectivity index (χ1v) is 15.3. The number of fused-ring (bicyclic) bond motifs is 1. The number of carbonyl (C=O) groups is 1. The first-order chi connectivity index (χ1) is 20.1. The molecular formula is C31H35F3N6OS. The fourth-order valence-electron chi connectivity index (χ4n) is 6.32. The molecule has 0 bridgehead atoms. The first kappa shape index (κ1) is 29.8. The third-order valence-electron chi connectivity index (χ3n) is 8.40. The number of aromatic nitrogens is 3. The van der Waals surface area contributed by atoms with Gasteiger partial charge in [-0.2, -0.15) is 18.4 Å². The Bertz CT molecular complexity index is 1610. The highest BCUT2D eigenvalue weighted by Gasteiger charge is 2.40. The molecule has 7 nitrogen and oxygen atoms in total. The zero-order valence-corrected chi connectivity index (χ0v) is 24.5. The van der Waals surface area contributed by atoms with Crippen molar-refractivity contribution in [3.05, 3.63) is 51.2 Å². The summed E-state index contributed by atoms with van der Waals surface area (Å²) in [6, 6.07) is 5.16. The summed E-state index contributed by atoms with van der Waals surface area (Å²) in [6.45, 7) is 7.08. The smallest absolute Gasteiger partial charge is 0.354 e. The van der Waals surface area contributed by atoms with Crippen LogP contribution < -0.4 is 20.8 Å². The molecule has 0 radical (unpaired) electrons. The van der Waals surface area contributed by atoms with Crippen LogP contribution in [-0.2, 0) is 11.2 Å². The van der Waals surface area contributed by atoms with Gasteiger partial charge in [0.05, 0.1) is 17.8 Å². The van der Waals surface area contributed by atoms with Gasteiger partial charge in [-0.1, -0.05) is 58.1 Å². The van der Waals surface area contributed by atoms with E-state index in [1.807, 2.05) is 6.92 Å². The van der Waals surface area contributed by atoms with Crippen LogP contribution in [0.3, 0.4) is 0 Å². The van der Waals surface area contributed by atoms with Crippen molar-refractivity contribution in [2.24, 2.45) is 11.8 Å². The number of anilines is 1. The predicted molar refractivity (Wildman–Crippen MR) is 159 cm³/mol. The SMILES string of the molecule is C=c1cc(C#N)[nH]/c1=C/C=C(\CC)C(=O)NC1CN(c2ncnc3sc(CC(F)(F)F)cc23)CC1C1CCCCCC1. The Morgan fingerprint density at radius 3 is 2.67 bits per heavy atom. The van der Waals surface area contributed by atoms with Gasteiger partial charge in [-0.3, -0.25) is 4.79 Å². The molecule has 1 saturated heterocycles. The van der Waals surface area contributed by atoms with Crippen molar-refractivity contribution in [2.45, 2.75) is 70.5 Å².